The van der Waals surface area contributed by atoms with Crippen LogP contribution in [0.2, 0.25) is 0 Å². The van der Waals surface area contributed by atoms with Gasteiger partial charge in [-0.3, -0.25) is 0 Å². The van der Waals surface area contributed by atoms with Gasteiger partial charge in [-0.1, -0.05) is 0 Å². The summed E-state index contributed by atoms with van der Waals surface area (Å²) in [5.74, 6) is 0.995. The molecule has 0 atom stereocenters. The standard InChI is InChI=1S/C10H16N4/c1-8-7-13-10(6-9(8)11)14-4-2-12-3-5-14/h6-7,12H,2-5H2,1H3,(H2,11,13). The van der Waals surface area contributed by atoms with E-state index in [2.05, 4.69) is 15.2 Å². The quantitative estimate of drug-likeness (QED) is 0.675. The van der Waals surface area contributed by atoms with Crippen molar-refractivity contribution in [2.45, 2.75) is 6.92 Å². The van der Waals surface area contributed by atoms with Crippen LogP contribution in [0.3, 0.4) is 0 Å². The molecule has 1 aliphatic heterocycles. The Kier molecular flexibility index (Phi) is 2.54. The second-order valence-electron chi connectivity index (χ2n) is 3.64. The number of pyridine rings is 1. The first kappa shape index (κ1) is 9.27. The third kappa shape index (κ3) is 1.80. The van der Waals surface area contributed by atoms with E-state index in [-0.39, 0.29) is 0 Å². The first-order chi connectivity index (χ1) is 6.77. The van der Waals surface area contributed by atoms with Gasteiger partial charge in [0.05, 0.1) is 0 Å². The summed E-state index contributed by atoms with van der Waals surface area (Å²) in [6, 6.07) is 1.96. The summed E-state index contributed by atoms with van der Waals surface area (Å²) in [5.41, 5.74) is 7.72. The summed E-state index contributed by atoms with van der Waals surface area (Å²) in [6.07, 6.45) is 1.84. The lowest BCUT2D eigenvalue weighted by molar-refractivity contribution is 0.585. The molecule has 14 heavy (non-hydrogen) atoms. The van der Waals surface area contributed by atoms with Crippen LogP contribution in [0.5, 0.6) is 0 Å². The van der Waals surface area contributed by atoms with E-state index in [4.69, 9.17) is 5.73 Å². The highest BCUT2D eigenvalue weighted by Gasteiger charge is 2.11. The predicted octanol–water partition coefficient (Wildman–Crippen LogP) is 0.382. The van der Waals surface area contributed by atoms with E-state index in [1.54, 1.807) is 0 Å². The Balaban J connectivity index is 2.18. The summed E-state index contributed by atoms with van der Waals surface area (Å²) in [5, 5.41) is 3.31. The molecule has 0 radical (unpaired) electrons. The van der Waals surface area contributed by atoms with E-state index in [0.29, 0.717) is 0 Å². The molecule has 0 amide bonds. The van der Waals surface area contributed by atoms with Crippen molar-refractivity contribution in [3.63, 3.8) is 0 Å². The van der Waals surface area contributed by atoms with Crippen molar-refractivity contribution in [1.82, 2.24) is 10.3 Å². The van der Waals surface area contributed by atoms with Gasteiger partial charge >= 0.3 is 0 Å². The first-order valence-corrected chi connectivity index (χ1v) is 4.95. The lowest BCUT2D eigenvalue weighted by atomic mass is 10.2. The average molecular weight is 192 g/mol. The monoisotopic (exact) mass is 192 g/mol. The van der Waals surface area contributed by atoms with Crippen molar-refractivity contribution in [3.05, 3.63) is 17.8 Å². The molecule has 76 valence electrons. The lowest BCUT2D eigenvalue weighted by Gasteiger charge is -2.28. The highest BCUT2D eigenvalue weighted by molar-refractivity contribution is 5.54. The molecule has 1 aromatic rings. The Morgan fingerprint density at radius 3 is 2.79 bits per heavy atom. The number of rotatable bonds is 1. The zero-order chi connectivity index (χ0) is 9.97. The maximum Gasteiger partial charge on any atom is 0.130 e. The highest BCUT2D eigenvalue weighted by Crippen LogP contribution is 2.17. The number of nitrogens with two attached hydrogens (primary N) is 1. The van der Waals surface area contributed by atoms with Crippen LogP contribution in [-0.2, 0) is 0 Å². The van der Waals surface area contributed by atoms with Gasteiger partial charge in [-0.25, -0.2) is 4.98 Å². The van der Waals surface area contributed by atoms with E-state index in [9.17, 15) is 0 Å². The number of nitrogens with one attached hydrogen (secondary N) is 1. The molecule has 4 nitrogen and oxygen atoms in total. The molecule has 3 N–H and O–H groups in total. The maximum atomic E-state index is 5.85. The third-order valence-electron chi connectivity index (χ3n) is 2.57. The molecule has 0 bridgehead atoms. The van der Waals surface area contributed by atoms with E-state index >= 15 is 0 Å². The van der Waals surface area contributed by atoms with E-state index < -0.39 is 0 Å². The number of hydrogen-bond donors (Lipinski definition) is 2. The van der Waals surface area contributed by atoms with Crippen LogP contribution >= 0.6 is 0 Å². The zero-order valence-electron chi connectivity index (χ0n) is 8.45. The second-order valence-corrected chi connectivity index (χ2v) is 3.64. The van der Waals surface area contributed by atoms with Gasteiger partial charge in [0, 0.05) is 44.1 Å². The van der Waals surface area contributed by atoms with Crippen LogP contribution in [0.25, 0.3) is 0 Å². The van der Waals surface area contributed by atoms with Crippen molar-refractivity contribution >= 4 is 11.5 Å². The molecule has 1 fully saturated rings. The minimum Gasteiger partial charge on any atom is -0.398 e. The molecule has 2 rings (SSSR count). The second kappa shape index (κ2) is 3.84. The first-order valence-electron chi connectivity index (χ1n) is 4.95. The largest absolute Gasteiger partial charge is 0.398 e. The molecule has 1 saturated heterocycles. The molecular formula is C10H16N4. The van der Waals surface area contributed by atoms with Crippen molar-refractivity contribution in [1.29, 1.82) is 0 Å². The zero-order valence-corrected chi connectivity index (χ0v) is 8.45. The SMILES string of the molecule is Cc1cnc(N2CCNCC2)cc1N. The third-order valence-corrected chi connectivity index (χ3v) is 2.57. The summed E-state index contributed by atoms with van der Waals surface area (Å²) < 4.78 is 0. The van der Waals surface area contributed by atoms with Crippen molar-refractivity contribution in [2.24, 2.45) is 0 Å². The molecule has 1 aliphatic rings. The van der Waals surface area contributed by atoms with Crippen LogP contribution in [0.15, 0.2) is 12.3 Å². The molecule has 0 saturated carbocycles. The van der Waals surface area contributed by atoms with Gasteiger partial charge in [-0.05, 0) is 12.5 Å². The number of anilines is 2. The fourth-order valence-corrected chi connectivity index (χ4v) is 1.59. The number of nitrogen functional groups attached to an aromatic ring is 1. The normalized spacial score (nSPS) is 17.1. The van der Waals surface area contributed by atoms with E-state index in [1.165, 1.54) is 0 Å². The summed E-state index contributed by atoms with van der Waals surface area (Å²) >= 11 is 0. The summed E-state index contributed by atoms with van der Waals surface area (Å²) in [7, 11) is 0. The fourth-order valence-electron chi connectivity index (χ4n) is 1.59. The molecule has 4 heteroatoms. The molecule has 0 unspecified atom stereocenters. The minimum atomic E-state index is 0.827. The van der Waals surface area contributed by atoms with Crippen LogP contribution in [0.4, 0.5) is 11.5 Å². The van der Waals surface area contributed by atoms with E-state index in [0.717, 1.165) is 43.2 Å². The Hall–Kier alpha value is -1.29. The smallest absolute Gasteiger partial charge is 0.130 e. The minimum absolute atomic E-state index is 0.827. The Labute approximate surface area is 84.1 Å². The number of aromatic nitrogens is 1. The molecule has 0 aromatic carbocycles. The van der Waals surface area contributed by atoms with Gasteiger partial charge in [-0.2, -0.15) is 0 Å². The van der Waals surface area contributed by atoms with Gasteiger partial charge in [-0.15, -0.1) is 0 Å². The number of nitrogens with zero attached hydrogens (tertiary/aromatic N) is 2. The summed E-state index contributed by atoms with van der Waals surface area (Å²) in [6.45, 7) is 6.04. The Morgan fingerprint density at radius 2 is 2.14 bits per heavy atom. The molecular weight excluding hydrogens is 176 g/mol. The maximum absolute atomic E-state index is 5.85. The van der Waals surface area contributed by atoms with Gasteiger partial charge < -0.3 is 16.0 Å². The lowest BCUT2D eigenvalue weighted by Crippen LogP contribution is -2.43. The van der Waals surface area contributed by atoms with Crippen LogP contribution in [0, 0.1) is 6.92 Å². The molecule has 2 heterocycles. The Morgan fingerprint density at radius 1 is 1.43 bits per heavy atom. The van der Waals surface area contributed by atoms with Gasteiger partial charge in [0.1, 0.15) is 5.82 Å². The average Bonchev–Trinajstić information content (AvgIpc) is 2.23. The molecule has 0 spiro atoms. The van der Waals surface area contributed by atoms with Gasteiger partial charge in [0.2, 0.25) is 0 Å². The van der Waals surface area contributed by atoms with Crippen LogP contribution in [0.1, 0.15) is 5.56 Å². The summed E-state index contributed by atoms with van der Waals surface area (Å²) in [4.78, 5) is 6.64. The van der Waals surface area contributed by atoms with Gasteiger partial charge in [0.25, 0.3) is 0 Å². The van der Waals surface area contributed by atoms with Crippen LogP contribution < -0.4 is 16.0 Å². The predicted molar refractivity (Wildman–Crippen MR) is 58.5 cm³/mol. The van der Waals surface area contributed by atoms with Crippen molar-refractivity contribution < 1.29 is 0 Å². The number of hydrogen-bond acceptors (Lipinski definition) is 4. The van der Waals surface area contributed by atoms with Gasteiger partial charge in [0.15, 0.2) is 0 Å². The number of piperazine rings is 1. The molecule has 0 aliphatic carbocycles. The Bertz CT molecular complexity index is 318. The number of aryl methyl sites for hydroxylation is 1. The molecule has 1 aromatic heterocycles. The van der Waals surface area contributed by atoms with Crippen LogP contribution in [-0.4, -0.2) is 31.2 Å². The topological polar surface area (TPSA) is 54.2 Å². The fraction of sp³-hybridized carbons (Fsp3) is 0.500. The highest BCUT2D eigenvalue weighted by atomic mass is 15.2. The van der Waals surface area contributed by atoms with Crippen molar-refractivity contribution in [3.8, 4) is 0 Å². The van der Waals surface area contributed by atoms with E-state index in [1.807, 2.05) is 19.2 Å². The van der Waals surface area contributed by atoms with Crippen molar-refractivity contribution in [2.75, 3.05) is 36.8 Å².